The van der Waals surface area contributed by atoms with Gasteiger partial charge >= 0.3 is 0 Å². The van der Waals surface area contributed by atoms with Crippen LogP contribution in [0, 0.1) is 0 Å². The highest BCUT2D eigenvalue weighted by Crippen LogP contribution is 2.18. The van der Waals surface area contributed by atoms with E-state index in [9.17, 15) is 9.59 Å². The van der Waals surface area contributed by atoms with Crippen LogP contribution in [0.25, 0.3) is 0 Å². The van der Waals surface area contributed by atoms with Gasteiger partial charge in [-0.25, -0.2) is 0 Å². The Balaban J connectivity index is 2.84. The van der Waals surface area contributed by atoms with Crippen molar-refractivity contribution in [2.45, 2.75) is 19.9 Å². The first kappa shape index (κ1) is 13.0. The Morgan fingerprint density at radius 1 is 1.19 bits per heavy atom. The van der Waals surface area contributed by atoms with Crippen molar-refractivity contribution in [2.24, 2.45) is 0 Å². The number of ketones is 1. The molecule has 0 aromatic heterocycles. The van der Waals surface area contributed by atoms with Gasteiger partial charge in [0, 0.05) is 15.6 Å². The second-order valence-corrected chi connectivity index (χ2v) is 4.34. The molecule has 0 aliphatic carbocycles. The number of carbonyl (C=O) groups is 2. The van der Waals surface area contributed by atoms with E-state index in [1.807, 2.05) is 0 Å². The summed E-state index contributed by atoms with van der Waals surface area (Å²) in [5.74, 6) is -0.478. The molecule has 5 heteroatoms. The van der Waals surface area contributed by atoms with E-state index in [1.165, 1.54) is 25.1 Å². The molecule has 1 N–H and O–H groups in total. The topological polar surface area (TPSA) is 46.2 Å². The van der Waals surface area contributed by atoms with Gasteiger partial charge in [0.1, 0.15) is 0 Å². The van der Waals surface area contributed by atoms with Gasteiger partial charge in [0.15, 0.2) is 5.78 Å². The van der Waals surface area contributed by atoms with Crippen LogP contribution in [0.3, 0.4) is 0 Å². The highest BCUT2D eigenvalue weighted by molar-refractivity contribution is 6.35. The van der Waals surface area contributed by atoms with Gasteiger partial charge in [-0.15, -0.1) is 0 Å². The first-order chi connectivity index (χ1) is 7.40. The maximum absolute atomic E-state index is 11.7. The predicted molar refractivity (Wildman–Crippen MR) is 64.1 cm³/mol. The summed E-state index contributed by atoms with van der Waals surface area (Å²) in [6.07, 6.45) is 0. The number of hydrogen-bond donors (Lipinski definition) is 1. The Bertz CT molecular complexity index is 412. The fourth-order valence-corrected chi connectivity index (χ4v) is 1.59. The van der Waals surface area contributed by atoms with Crippen LogP contribution in [0.15, 0.2) is 18.2 Å². The highest BCUT2D eigenvalue weighted by atomic mass is 35.5. The largest absolute Gasteiger partial charge is 0.343 e. The molecular weight excluding hydrogens is 249 g/mol. The summed E-state index contributed by atoms with van der Waals surface area (Å²) in [5, 5.41) is 3.31. The molecule has 0 saturated carbocycles. The van der Waals surface area contributed by atoms with Crippen molar-refractivity contribution in [3.63, 3.8) is 0 Å². The number of rotatable bonds is 3. The second-order valence-electron chi connectivity index (χ2n) is 3.46. The Hall–Kier alpha value is -1.06. The molecule has 1 unspecified atom stereocenters. The molecule has 16 heavy (non-hydrogen) atoms. The lowest BCUT2D eigenvalue weighted by molar-refractivity contribution is -0.118. The molecule has 0 aliphatic heterocycles. The van der Waals surface area contributed by atoms with Crippen molar-refractivity contribution >= 4 is 34.9 Å². The first-order valence-electron chi connectivity index (χ1n) is 4.67. The van der Waals surface area contributed by atoms with Crippen molar-refractivity contribution in [2.75, 3.05) is 0 Å². The van der Waals surface area contributed by atoms with Gasteiger partial charge in [-0.05, 0) is 32.0 Å². The van der Waals surface area contributed by atoms with Gasteiger partial charge in [0.2, 0.25) is 0 Å². The Labute approximate surface area is 104 Å². The molecule has 3 nitrogen and oxygen atoms in total. The molecule has 0 bridgehead atoms. The zero-order chi connectivity index (χ0) is 12.3. The molecule has 1 aromatic rings. The zero-order valence-corrected chi connectivity index (χ0v) is 10.4. The highest BCUT2D eigenvalue weighted by Gasteiger charge is 2.13. The Kier molecular flexibility index (Phi) is 4.33. The van der Waals surface area contributed by atoms with Crippen LogP contribution in [0.2, 0.25) is 10.0 Å². The minimum Gasteiger partial charge on any atom is -0.343 e. The number of benzene rings is 1. The standard InChI is InChI=1S/C11H11Cl2NO2/c1-6(7(2)15)14-11(16)8-3-9(12)5-10(13)4-8/h3-6H,1-2H3,(H,14,16). The van der Waals surface area contributed by atoms with Crippen LogP contribution in [0.4, 0.5) is 0 Å². The minimum atomic E-state index is -0.523. The maximum atomic E-state index is 11.7. The average molecular weight is 260 g/mol. The average Bonchev–Trinajstić information content (AvgIpc) is 2.15. The van der Waals surface area contributed by atoms with E-state index in [0.29, 0.717) is 15.6 Å². The van der Waals surface area contributed by atoms with E-state index in [-0.39, 0.29) is 11.7 Å². The number of halogens is 2. The monoisotopic (exact) mass is 259 g/mol. The lowest BCUT2D eigenvalue weighted by Crippen LogP contribution is -2.37. The summed E-state index contributed by atoms with van der Waals surface area (Å²) in [5.41, 5.74) is 0.339. The normalized spacial score (nSPS) is 12.0. The predicted octanol–water partition coefficient (Wildman–Crippen LogP) is 2.70. The fraction of sp³-hybridized carbons (Fsp3) is 0.273. The third-order valence-corrected chi connectivity index (χ3v) is 2.52. The lowest BCUT2D eigenvalue weighted by Gasteiger charge is -2.10. The van der Waals surface area contributed by atoms with Gasteiger partial charge < -0.3 is 5.32 Å². The third kappa shape index (κ3) is 3.51. The number of carbonyl (C=O) groups excluding carboxylic acids is 2. The van der Waals surface area contributed by atoms with Gasteiger partial charge in [-0.2, -0.15) is 0 Å². The molecule has 0 spiro atoms. The second kappa shape index (κ2) is 5.32. The summed E-state index contributed by atoms with van der Waals surface area (Å²) in [6.45, 7) is 3.03. The zero-order valence-electron chi connectivity index (χ0n) is 8.88. The molecule has 0 fully saturated rings. The minimum absolute atomic E-state index is 0.110. The first-order valence-corrected chi connectivity index (χ1v) is 5.43. The van der Waals surface area contributed by atoms with Crippen LogP contribution in [-0.4, -0.2) is 17.7 Å². The summed E-state index contributed by atoms with van der Waals surface area (Å²) in [7, 11) is 0. The molecule has 86 valence electrons. The summed E-state index contributed by atoms with van der Waals surface area (Å²) in [4.78, 5) is 22.7. The van der Waals surface area contributed by atoms with E-state index >= 15 is 0 Å². The van der Waals surface area contributed by atoms with Gasteiger partial charge in [-0.3, -0.25) is 9.59 Å². The van der Waals surface area contributed by atoms with E-state index in [0.717, 1.165) is 0 Å². The Morgan fingerprint density at radius 3 is 2.12 bits per heavy atom. The van der Waals surface area contributed by atoms with Crippen molar-refractivity contribution < 1.29 is 9.59 Å². The lowest BCUT2D eigenvalue weighted by atomic mass is 10.2. The van der Waals surface area contributed by atoms with Crippen molar-refractivity contribution in [3.05, 3.63) is 33.8 Å². The van der Waals surface area contributed by atoms with E-state index in [2.05, 4.69) is 5.32 Å². The summed E-state index contributed by atoms with van der Waals surface area (Å²) < 4.78 is 0. The third-order valence-electron chi connectivity index (χ3n) is 2.08. The van der Waals surface area contributed by atoms with Crippen LogP contribution in [0.1, 0.15) is 24.2 Å². The molecule has 0 heterocycles. The van der Waals surface area contributed by atoms with E-state index < -0.39 is 6.04 Å². The van der Waals surface area contributed by atoms with Crippen LogP contribution in [0.5, 0.6) is 0 Å². The van der Waals surface area contributed by atoms with Crippen LogP contribution >= 0.6 is 23.2 Å². The number of amides is 1. The number of nitrogens with one attached hydrogen (secondary N) is 1. The quantitative estimate of drug-likeness (QED) is 0.908. The molecule has 1 atom stereocenters. The molecule has 1 amide bonds. The van der Waals surface area contributed by atoms with E-state index in [1.54, 1.807) is 6.92 Å². The van der Waals surface area contributed by atoms with Crippen LogP contribution in [-0.2, 0) is 4.79 Å². The SMILES string of the molecule is CC(=O)C(C)NC(=O)c1cc(Cl)cc(Cl)c1. The summed E-state index contributed by atoms with van der Waals surface area (Å²) >= 11 is 11.5. The fourth-order valence-electron chi connectivity index (χ4n) is 1.07. The Morgan fingerprint density at radius 2 is 1.69 bits per heavy atom. The summed E-state index contributed by atoms with van der Waals surface area (Å²) in [6, 6.07) is 4.00. The van der Waals surface area contributed by atoms with Crippen molar-refractivity contribution in [1.82, 2.24) is 5.32 Å². The number of hydrogen-bond acceptors (Lipinski definition) is 2. The van der Waals surface area contributed by atoms with Crippen molar-refractivity contribution in [3.8, 4) is 0 Å². The molecule has 0 aliphatic rings. The molecular formula is C11H11Cl2NO2. The van der Waals surface area contributed by atoms with Crippen molar-refractivity contribution in [1.29, 1.82) is 0 Å². The molecule has 0 radical (unpaired) electrons. The molecule has 1 rings (SSSR count). The van der Waals surface area contributed by atoms with Gasteiger partial charge in [0.05, 0.1) is 6.04 Å². The van der Waals surface area contributed by atoms with Gasteiger partial charge in [-0.1, -0.05) is 23.2 Å². The molecule has 0 saturated heterocycles. The maximum Gasteiger partial charge on any atom is 0.251 e. The molecule has 1 aromatic carbocycles. The van der Waals surface area contributed by atoms with Crippen LogP contribution < -0.4 is 5.32 Å². The smallest absolute Gasteiger partial charge is 0.251 e. The van der Waals surface area contributed by atoms with Gasteiger partial charge in [0.25, 0.3) is 5.91 Å². The number of Topliss-reactive ketones (excluding diaryl/α,β-unsaturated/α-hetero) is 1. The van der Waals surface area contributed by atoms with E-state index in [4.69, 9.17) is 23.2 Å².